The molecule has 8 nitrogen and oxygen atoms in total. The van der Waals surface area contributed by atoms with Crippen molar-refractivity contribution in [2.75, 3.05) is 6.61 Å². The summed E-state index contributed by atoms with van der Waals surface area (Å²) in [5, 5.41) is 10.1. The molecule has 1 fully saturated rings. The summed E-state index contributed by atoms with van der Waals surface area (Å²) in [6, 6.07) is 10.9. The number of esters is 1. The molecule has 1 aromatic carbocycles. The van der Waals surface area contributed by atoms with E-state index in [-0.39, 0.29) is 6.04 Å². The van der Waals surface area contributed by atoms with Gasteiger partial charge in [-0.15, -0.1) is 11.3 Å². The highest BCUT2D eigenvalue weighted by atomic mass is 32.1. The summed E-state index contributed by atoms with van der Waals surface area (Å²) in [6.45, 7) is 1.35. The van der Waals surface area contributed by atoms with Gasteiger partial charge in [0.1, 0.15) is 9.71 Å². The van der Waals surface area contributed by atoms with Crippen molar-refractivity contribution in [2.45, 2.75) is 25.8 Å². The Bertz CT molecular complexity index is 1050. The van der Waals surface area contributed by atoms with Gasteiger partial charge in [0.05, 0.1) is 11.4 Å². The maximum Gasteiger partial charge on any atom is 0.348 e. The molecular weight excluding hydrogens is 380 g/mol. The molecule has 28 heavy (non-hydrogen) atoms. The van der Waals surface area contributed by atoms with Crippen molar-refractivity contribution in [1.82, 2.24) is 20.4 Å². The lowest BCUT2D eigenvalue weighted by Crippen LogP contribution is -2.42. The number of aromatic nitrogens is 2. The summed E-state index contributed by atoms with van der Waals surface area (Å²) in [5.41, 5.74) is 1.69. The normalized spacial score (nSPS) is 13.3. The molecule has 3 amide bonds. The smallest absolute Gasteiger partial charge is 0.348 e. The van der Waals surface area contributed by atoms with Crippen LogP contribution in [0.5, 0.6) is 0 Å². The molecule has 2 aromatic heterocycles. The van der Waals surface area contributed by atoms with Gasteiger partial charge in [0.2, 0.25) is 0 Å². The van der Waals surface area contributed by atoms with Gasteiger partial charge in [0.15, 0.2) is 6.61 Å². The first-order chi connectivity index (χ1) is 13.5. The van der Waals surface area contributed by atoms with Crippen LogP contribution in [0.4, 0.5) is 4.79 Å². The average Bonchev–Trinajstić information content (AvgIpc) is 3.28. The van der Waals surface area contributed by atoms with E-state index in [9.17, 15) is 14.4 Å². The van der Waals surface area contributed by atoms with Gasteiger partial charge in [-0.25, -0.2) is 14.3 Å². The van der Waals surface area contributed by atoms with Crippen LogP contribution in [-0.2, 0) is 9.53 Å². The van der Waals surface area contributed by atoms with E-state index >= 15 is 0 Å². The Morgan fingerprint density at radius 3 is 2.71 bits per heavy atom. The molecule has 1 saturated carbocycles. The van der Waals surface area contributed by atoms with Crippen LogP contribution in [0.1, 0.15) is 28.2 Å². The molecule has 1 aliphatic rings. The van der Waals surface area contributed by atoms with Gasteiger partial charge in [0, 0.05) is 11.4 Å². The number of urea groups is 1. The zero-order valence-corrected chi connectivity index (χ0v) is 15.9. The number of aryl methyl sites for hydroxylation is 1. The highest BCUT2D eigenvalue weighted by Crippen LogP contribution is 2.30. The summed E-state index contributed by atoms with van der Waals surface area (Å²) >= 11 is 1.24. The Balaban J connectivity index is 1.43. The van der Waals surface area contributed by atoms with E-state index in [2.05, 4.69) is 15.7 Å². The molecule has 144 valence electrons. The van der Waals surface area contributed by atoms with E-state index in [0.717, 1.165) is 34.4 Å². The Morgan fingerprint density at radius 1 is 1.25 bits per heavy atom. The quantitative estimate of drug-likeness (QED) is 0.643. The van der Waals surface area contributed by atoms with Gasteiger partial charge in [0.25, 0.3) is 5.91 Å². The number of carbonyl (C=O) groups excluding carboxylic acids is 3. The standard InChI is InChI=1S/C19H18N4O4S/c1-11-14-9-15(28-17(14)23(22-11)13-5-3-2-4-6-13)18(25)27-10-16(24)21-19(26)20-12-7-8-12/h2-6,9,12H,7-8,10H2,1H3,(H2,20,21,24,26). The number of thiophene rings is 1. The first-order valence-electron chi connectivity index (χ1n) is 8.83. The molecule has 0 bridgehead atoms. The van der Waals surface area contributed by atoms with E-state index < -0.39 is 24.5 Å². The van der Waals surface area contributed by atoms with Crippen LogP contribution in [0.3, 0.4) is 0 Å². The molecule has 2 heterocycles. The van der Waals surface area contributed by atoms with Crippen molar-refractivity contribution in [3.05, 3.63) is 47.0 Å². The molecular formula is C19H18N4O4S. The predicted molar refractivity (Wildman–Crippen MR) is 104 cm³/mol. The van der Waals surface area contributed by atoms with Crippen LogP contribution in [0.2, 0.25) is 0 Å². The molecule has 1 aliphatic carbocycles. The fourth-order valence-corrected chi connectivity index (χ4v) is 3.78. The Hall–Kier alpha value is -3.20. The number of carbonyl (C=O) groups is 3. The topological polar surface area (TPSA) is 102 Å². The van der Waals surface area contributed by atoms with Crippen LogP contribution in [-0.4, -0.2) is 40.3 Å². The molecule has 2 N–H and O–H groups in total. The summed E-state index contributed by atoms with van der Waals surface area (Å²) in [6.07, 6.45) is 1.84. The van der Waals surface area contributed by atoms with E-state index in [1.54, 1.807) is 10.7 Å². The fourth-order valence-electron chi connectivity index (χ4n) is 2.71. The maximum atomic E-state index is 12.3. The van der Waals surface area contributed by atoms with Gasteiger partial charge >= 0.3 is 12.0 Å². The number of rotatable bonds is 5. The highest BCUT2D eigenvalue weighted by Gasteiger charge is 2.24. The molecule has 4 rings (SSSR count). The molecule has 0 radical (unpaired) electrons. The van der Waals surface area contributed by atoms with E-state index in [0.29, 0.717) is 4.88 Å². The number of hydrogen-bond acceptors (Lipinski definition) is 6. The SMILES string of the molecule is Cc1nn(-c2ccccc2)c2sc(C(=O)OCC(=O)NC(=O)NC3CC3)cc12. The third kappa shape index (κ3) is 3.89. The highest BCUT2D eigenvalue weighted by molar-refractivity contribution is 7.20. The molecule has 0 saturated heterocycles. The van der Waals surface area contributed by atoms with Gasteiger partial charge < -0.3 is 10.1 Å². The number of amides is 3. The van der Waals surface area contributed by atoms with Crippen LogP contribution in [0.25, 0.3) is 15.9 Å². The predicted octanol–water partition coefficient (Wildman–Crippen LogP) is 2.54. The van der Waals surface area contributed by atoms with Crippen molar-refractivity contribution >= 4 is 39.5 Å². The summed E-state index contributed by atoms with van der Waals surface area (Å²) in [7, 11) is 0. The number of hydrogen-bond donors (Lipinski definition) is 2. The summed E-state index contributed by atoms with van der Waals surface area (Å²) in [4.78, 5) is 36.8. The van der Waals surface area contributed by atoms with E-state index in [4.69, 9.17) is 4.74 Å². The van der Waals surface area contributed by atoms with Gasteiger partial charge in [-0.1, -0.05) is 18.2 Å². The second-order valence-corrected chi connectivity index (χ2v) is 7.56. The van der Waals surface area contributed by atoms with Crippen LogP contribution in [0, 0.1) is 6.92 Å². The van der Waals surface area contributed by atoms with Gasteiger partial charge in [-0.05, 0) is 38.0 Å². The first-order valence-corrected chi connectivity index (χ1v) is 9.65. The summed E-state index contributed by atoms with van der Waals surface area (Å²) in [5.74, 6) is -1.28. The molecule has 0 spiro atoms. The molecule has 9 heteroatoms. The lowest BCUT2D eigenvalue weighted by atomic mass is 10.3. The number of fused-ring (bicyclic) bond motifs is 1. The Kier molecular flexibility index (Phi) is 4.82. The van der Waals surface area contributed by atoms with Crippen molar-refractivity contribution in [3.8, 4) is 5.69 Å². The number of nitrogens with zero attached hydrogens (tertiary/aromatic N) is 2. The summed E-state index contributed by atoms with van der Waals surface area (Å²) < 4.78 is 6.82. The van der Waals surface area contributed by atoms with Crippen LogP contribution >= 0.6 is 11.3 Å². The van der Waals surface area contributed by atoms with Gasteiger partial charge in [-0.3, -0.25) is 10.1 Å². The fraction of sp³-hybridized carbons (Fsp3) is 0.263. The zero-order chi connectivity index (χ0) is 19.7. The minimum atomic E-state index is -0.667. The van der Waals surface area contributed by atoms with E-state index in [1.807, 2.05) is 37.3 Å². The van der Waals surface area contributed by atoms with Crippen molar-refractivity contribution < 1.29 is 19.1 Å². The largest absolute Gasteiger partial charge is 0.451 e. The minimum Gasteiger partial charge on any atom is -0.451 e. The Labute approximate surface area is 164 Å². The monoisotopic (exact) mass is 398 g/mol. The number of benzene rings is 1. The molecule has 0 aliphatic heterocycles. The molecule has 3 aromatic rings. The van der Waals surface area contributed by atoms with Gasteiger partial charge in [-0.2, -0.15) is 5.10 Å². The number of ether oxygens (including phenoxy) is 1. The minimum absolute atomic E-state index is 0.140. The maximum absolute atomic E-state index is 12.3. The van der Waals surface area contributed by atoms with Crippen molar-refractivity contribution in [1.29, 1.82) is 0 Å². The zero-order valence-electron chi connectivity index (χ0n) is 15.1. The number of imide groups is 1. The lowest BCUT2D eigenvalue weighted by molar-refractivity contribution is -0.123. The number of nitrogens with one attached hydrogen (secondary N) is 2. The van der Waals surface area contributed by atoms with Crippen molar-refractivity contribution in [3.63, 3.8) is 0 Å². The third-order valence-electron chi connectivity index (χ3n) is 4.25. The lowest BCUT2D eigenvalue weighted by Gasteiger charge is -2.06. The second kappa shape index (κ2) is 7.43. The number of para-hydroxylation sites is 1. The Morgan fingerprint density at radius 2 is 2.00 bits per heavy atom. The molecule has 0 unspecified atom stereocenters. The average molecular weight is 398 g/mol. The molecule has 0 atom stereocenters. The first kappa shape index (κ1) is 18.2. The van der Waals surface area contributed by atoms with E-state index in [1.165, 1.54) is 11.3 Å². The van der Waals surface area contributed by atoms with Crippen LogP contribution in [0.15, 0.2) is 36.4 Å². The third-order valence-corrected chi connectivity index (χ3v) is 5.34. The second-order valence-electron chi connectivity index (χ2n) is 6.53. The van der Waals surface area contributed by atoms with Crippen molar-refractivity contribution in [2.24, 2.45) is 0 Å². The van der Waals surface area contributed by atoms with Crippen LogP contribution < -0.4 is 10.6 Å².